The van der Waals surface area contributed by atoms with Crippen molar-refractivity contribution in [1.29, 1.82) is 0 Å². The average Bonchev–Trinajstić information content (AvgIpc) is 2.82. The number of hydrogen-bond donors (Lipinski definition) is 1. The number of allylic oxidation sites excluding steroid dienone is 1. The number of primary amides is 1. The molecule has 0 unspecified atom stereocenters. The Hall–Kier alpha value is -2.36. The van der Waals surface area contributed by atoms with Crippen molar-refractivity contribution in [3.8, 4) is 11.1 Å². The van der Waals surface area contributed by atoms with Crippen molar-refractivity contribution in [2.75, 3.05) is 0 Å². The Kier molecular flexibility index (Phi) is 5.96. The van der Waals surface area contributed by atoms with Crippen molar-refractivity contribution in [3.05, 3.63) is 59.7 Å². The molecule has 0 aliphatic rings. The van der Waals surface area contributed by atoms with Crippen LogP contribution in [0.25, 0.3) is 11.1 Å². The molecule has 0 bridgehead atoms. The fourth-order valence-corrected chi connectivity index (χ4v) is 3.21. The second-order valence-corrected chi connectivity index (χ2v) is 6.01. The number of amides is 1. The monoisotopic (exact) mass is 328 g/mol. The Morgan fingerprint density at radius 3 is 2.50 bits per heavy atom. The van der Waals surface area contributed by atoms with Crippen LogP contribution < -0.4 is 5.73 Å². The number of halogens is 1. The number of benzene rings is 1. The maximum atomic E-state index is 13.3. The molecule has 1 heterocycles. The van der Waals surface area contributed by atoms with Crippen molar-refractivity contribution in [3.63, 3.8) is 0 Å². The Morgan fingerprint density at radius 1 is 1.29 bits per heavy atom. The Morgan fingerprint density at radius 2 is 1.96 bits per heavy atom. The fourth-order valence-electron chi connectivity index (χ4n) is 3.21. The second kappa shape index (κ2) is 7.95. The normalized spacial score (nSPS) is 10.8. The lowest BCUT2D eigenvalue weighted by atomic mass is 9.97. The molecule has 0 atom stereocenters. The van der Waals surface area contributed by atoms with E-state index in [9.17, 15) is 9.18 Å². The first-order chi connectivity index (χ1) is 11.5. The molecule has 1 aromatic carbocycles. The number of nitrogens with two attached hydrogens (primary N) is 1. The van der Waals surface area contributed by atoms with Crippen molar-refractivity contribution in [1.82, 2.24) is 4.57 Å². The molecular formula is C20H25FN2O. The first-order valence-electron chi connectivity index (χ1n) is 8.39. The molecule has 0 saturated carbocycles. The van der Waals surface area contributed by atoms with E-state index in [1.165, 1.54) is 12.1 Å². The van der Waals surface area contributed by atoms with Gasteiger partial charge in [-0.05, 0) is 37.5 Å². The Balaban J connectivity index is 2.66. The molecule has 24 heavy (non-hydrogen) atoms. The van der Waals surface area contributed by atoms with Crippen LogP contribution in [0.5, 0.6) is 0 Å². The van der Waals surface area contributed by atoms with E-state index in [4.69, 9.17) is 5.73 Å². The standard InChI is InChI=1S/C20H25FN2O/c1-4-6-7-8-17-19(15-9-11-16(21)12-10-15)18(20(22)24)14(3)23(17)13-5-2/h5,9-12H,2,4,6-8,13H2,1,3H3,(H2,22,24). The topological polar surface area (TPSA) is 48.0 Å². The number of aromatic nitrogens is 1. The van der Waals surface area contributed by atoms with Crippen molar-refractivity contribution < 1.29 is 9.18 Å². The van der Waals surface area contributed by atoms with Gasteiger partial charge in [-0.15, -0.1) is 6.58 Å². The number of rotatable bonds is 8. The molecule has 0 aliphatic carbocycles. The maximum Gasteiger partial charge on any atom is 0.251 e. The highest BCUT2D eigenvalue weighted by Gasteiger charge is 2.24. The SMILES string of the molecule is C=CCn1c(C)c(C(N)=O)c(-c2ccc(F)cc2)c1CCCCC. The van der Waals surface area contributed by atoms with Crippen molar-refractivity contribution in [2.24, 2.45) is 5.73 Å². The number of hydrogen-bond acceptors (Lipinski definition) is 1. The van der Waals surface area contributed by atoms with Crippen LogP contribution in [-0.2, 0) is 13.0 Å². The molecule has 4 heteroatoms. The largest absolute Gasteiger partial charge is 0.366 e. The van der Waals surface area contributed by atoms with E-state index in [0.717, 1.165) is 48.2 Å². The lowest BCUT2D eigenvalue weighted by Gasteiger charge is -2.11. The number of carbonyl (C=O) groups is 1. The first kappa shape index (κ1) is 18.0. The summed E-state index contributed by atoms with van der Waals surface area (Å²) < 4.78 is 15.4. The smallest absolute Gasteiger partial charge is 0.251 e. The van der Waals surface area contributed by atoms with Gasteiger partial charge in [-0.2, -0.15) is 0 Å². The third-order valence-electron chi connectivity index (χ3n) is 4.34. The van der Waals surface area contributed by atoms with Crippen LogP contribution in [-0.4, -0.2) is 10.5 Å². The summed E-state index contributed by atoms with van der Waals surface area (Å²) in [7, 11) is 0. The van der Waals surface area contributed by atoms with Gasteiger partial charge in [0.2, 0.25) is 0 Å². The number of unbranched alkanes of at least 4 members (excludes halogenated alkanes) is 2. The average molecular weight is 328 g/mol. The van der Waals surface area contributed by atoms with Crippen LogP contribution in [0.15, 0.2) is 36.9 Å². The summed E-state index contributed by atoms with van der Waals surface area (Å²) in [6.07, 6.45) is 5.93. The van der Waals surface area contributed by atoms with E-state index in [-0.39, 0.29) is 5.82 Å². The van der Waals surface area contributed by atoms with Gasteiger partial charge >= 0.3 is 0 Å². The Bertz CT molecular complexity index is 729. The zero-order valence-electron chi connectivity index (χ0n) is 14.4. The van der Waals surface area contributed by atoms with Gasteiger partial charge in [-0.3, -0.25) is 4.79 Å². The quantitative estimate of drug-likeness (QED) is 0.558. The van der Waals surface area contributed by atoms with Gasteiger partial charge in [-0.1, -0.05) is 38.0 Å². The van der Waals surface area contributed by atoms with Gasteiger partial charge in [-0.25, -0.2) is 4.39 Å². The van der Waals surface area contributed by atoms with Crippen LogP contribution in [0.4, 0.5) is 4.39 Å². The van der Waals surface area contributed by atoms with Gasteiger partial charge < -0.3 is 10.3 Å². The van der Waals surface area contributed by atoms with Crippen LogP contribution in [0.3, 0.4) is 0 Å². The zero-order valence-corrected chi connectivity index (χ0v) is 14.4. The van der Waals surface area contributed by atoms with Crippen molar-refractivity contribution >= 4 is 5.91 Å². The molecule has 2 rings (SSSR count). The summed E-state index contributed by atoms with van der Waals surface area (Å²) in [4.78, 5) is 12.1. The van der Waals surface area contributed by atoms with E-state index in [1.54, 1.807) is 12.1 Å². The predicted molar refractivity (Wildman–Crippen MR) is 96.5 cm³/mol. The van der Waals surface area contributed by atoms with Crippen LogP contribution >= 0.6 is 0 Å². The van der Waals surface area contributed by atoms with Crippen LogP contribution in [0.1, 0.15) is 47.9 Å². The minimum absolute atomic E-state index is 0.297. The molecular weight excluding hydrogens is 303 g/mol. The van der Waals surface area contributed by atoms with E-state index in [2.05, 4.69) is 18.1 Å². The molecule has 1 amide bonds. The lowest BCUT2D eigenvalue weighted by molar-refractivity contribution is 0.1000. The first-order valence-corrected chi connectivity index (χ1v) is 8.39. The molecule has 0 radical (unpaired) electrons. The highest BCUT2D eigenvalue weighted by Crippen LogP contribution is 2.34. The highest BCUT2D eigenvalue weighted by atomic mass is 19.1. The number of carbonyl (C=O) groups excluding carboxylic acids is 1. The van der Waals surface area contributed by atoms with Crippen LogP contribution in [0.2, 0.25) is 0 Å². The second-order valence-electron chi connectivity index (χ2n) is 6.01. The van der Waals surface area contributed by atoms with Crippen molar-refractivity contribution in [2.45, 2.75) is 46.1 Å². The van der Waals surface area contributed by atoms with Gasteiger partial charge in [0.25, 0.3) is 5.91 Å². The minimum atomic E-state index is -0.452. The summed E-state index contributed by atoms with van der Waals surface area (Å²) in [5.74, 6) is -0.750. The molecule has 2 aromatic rings. The van der Waals surface area contributed by atoms with E-state index >= 15 is 0 Å². The minimum Gasteiger partial charge on any atom is -0.366 e. The maximum absolute atomic E-state index is 13.3. The summed E-state index contributed by atoms with van der Waals surface area (Å²) in [6.45, 7) is 8.50. The summed E-state index contributed by atoms with van der Waals surface area (Å²) in [5, 5.41) is 0. The molecule has 1 aromatic heterocycles. The molecule has 2 N–H and O–H groups in total. The third-order valence-corrected chi connectivity index (χ3v) is 4.34. The molecule has 128 valence electrons. The zero-order chi connectivity index (χ0) is 17.7. The number of nitrogens with zero attached hydrogens (tertiary/aromatic N) is 1. The molecule has 3 nitrogen and oxygen atoms in total. The fraction of sp³-hybridized carbons (Fsp3) is 0.350. The van der Waals surface area contributed by atoms with Gasteiger partial charge in [0.1, 0.15) is 5.82 Å². The highest BCUT2D eigenvalue weighted by molar-refractivity contribution is 6.02. The molecule has 0 saturated heterocycles. The summed E-state index contributed by atoms with van der Waals surface area (Å²) in [5.41, 5.74) is 9.75. The van der Waals surface area contributed by atoms with E-state index < -0.39 is 5.91 Å². The lowest BCUT2D eigenvalue weighted by Crippen LogP contribution is -2.13. The van der Waals surface area contributed by atoms with E-state index in [1.807, 2.05) is 13.0 Å². The molecule has 0 aliphatic heterocycles. The van der Waals surface area contributed by atoms with Gasteiger partial charge in [0.05, 0.1) is 5.56 Å². The Labute approximate surface area is 143 Å². The van der Waals surface area contributed by atoms with Gasteiger partial charge in [0.15, 0.2) is 0 Å². The third kappa shape index (κ3) is 3.58. The summed E-state index contributed by atoms with van der Waals surface area (Å²) in [6, 6.07) is 6.24. The van der Waals surface area contributed by atoms with Gasteiger partial charge in [0, 0.05) is 23.5 Å². The summed E-state index contributed by atoms with van der Waals surface area (Å²) >= 11 is 0. The molecule has 0 fully saturated rings. The predicted octanol–water partition coefficient (Wildman–Crippen LogP) is 4.62. The molecule has 0 spiro atoms. The van der Waals surface area contributed by atoms with E-state index in [0.29, 0.717) is 12.1 Å². The van der Waals surface area contributed by atoms with Crippen LogP contribution in [0, 0.1) is 12.7 Å².